The van der Waals surface area contributed by atoms with E-state index in [-0.39, 0.29) is 17.1 Å². The molecule has 0 radical (unpaired) electrons. The van der Waals surface area contributed by atoms with Crippen LogP contribution in [0, 0.1) is 0 Å². The van der Waals surface area contributed by atoms with E-state index in [0.29, 0.717) is 0 Å². The van der Waals surface area contributed by atoms with E-state index in [0.717, 1.165) is 17.2 Å². The van der Waals surface area contributed by atoms with Crippen molar-refractivity contribution in [3.63, 3.8) is 0 Å². The number of primary sulfonamides is 1. The average molecular weight is 311 g/mol. The van der Waals surface area contributed by atoms with Crippen molar-refractivity contribution in [1.82, 2.24) is 9.47 Å². The van der Waals surface area contributed by atoms with Crippen LogP contribution < -0.4 is 5.14 Å². The quantitative estimate of drug-likeness (QED) is 0.729. The zero-order chi connectivity index (χ0) is 15.5. The molecule has 1 aromatic rings. The van der Waals surface area contributed by atoms with Crippen molar-refractivity contribution in [3.8, 4) is 0 Å². The highest BCUT2D eigenvalue weighted by atomic mass is 32.2. The number of rotatable bonds is 6. The van der Waals surface area contributed by atoms with Gasteiger partial charge in [-0.3, -0.25) is 4.79 Å². The summed E-state index contributed by atoms with van der Waals surface area (Å²) in [6, 6.07) is 1.01. The maximum atomic E-state index is 12.4. The number of aryl methyl sites for hydroxylation is 1. The molecule has 0 aromatic carbocycles. The number of sulfonamides is 1. The number of alkyl halides is 2. The van der Waals surface area contributed by atoms with Gasteiger partial charge in [0.25, 0.3) is 12.3 Å². The summed E-state index contributed by atoms with van der Waals surface area (Å²) in [4.78, 5) is 12.5. The van der Waals surface area contributed by atoms with Gasteiger partial charge in [0.1, 0.15) is 10.6 Å². The molecular formula is C10H15F2N3O4S. The van der Waals surface area contributed by atoms with E-state index < -0.39 is 35.5 Å². The van der Waals surface area contributed by atoms with Crippen LogP contribution in [-0.4, -0.2) is 55.0 Å². The second kappa shape index (κ2) is 6.29. The molecule has 0 saturated heterocycles. The number of carbonyl (C=O) groups is 1. The number of carbonyl (C=O) groups excluding carboxylic acids is 1. The van der Waals surface area contributed by atoms with E-state index >= 15 is 0 Å². The van der Waals surface area contributed by atoms with Crippen molar-refractivity contribution in [1.29, 1.82) is 0 Å². The fraction of sp³-hybridized carbons (Fsp3) is 0.500. The van der Waals surface area contributed by atoms with Crippen molar-refractivity contribution >= 4 is 15.9 Å². The molecule has 0 spiro atoms. The third-order valence-electron chi connectivity index (χ3n) is 2.54. The number of aliphatic hydroxyl groups excluding tert-OH is 1. The molecule has 114 valence electrons. The molecule has 3 N–H and O–H groups in total. The molecule has 1 amide bonds. The van der Waals surface area contributed by atoms with Crippen LogP contribution in [0.2, 0.25) is 0 Å². The number of halogens is 2. The Balaban J connectivity index is 3.09. The van der Waals surface area contributed by atoms with Gasteiger partial charge in [0.2, 0.25) is 10.0 Å². The van der Waals surface area contributed by atoms with Crippen LogP contribution in [0.25, 0.3) is 0 Å². The summed E-state index contributed by atoms with van der Waals surface area (Å²) in [5, 5.41) is 13.7. The normalized spacial score (nSPS) is 11.9. The van der Waals surface area contributed by atoms with Crippen LogP contribution >= 0.6 is 0 Å². The number of hydrogen-bond acceptors (Lipinski definition) is 4. The Kier molecular flexibility index (Phi) is 5.20. The SMILES string of the molecule is Cn1cc(S(N)(=O)=O)cc1C(=O)N(CCO)CC(F)F. The lowest BCUT2D eigenvalue weighted by molar-refractivity contribution is 0.0501. The van der Waals surface area contributed by atoms with Crippen LogP contribution in [0.5, 0.6) is 0 Å². The molecule has 0 aliphatic rings. The first-order chi connectivity index (χ1) is 9.16. The maximum Gasteiger partial charge on any atom is 0.270 e. The monoisotopic (exact) mass is 311 g/mol. The van der Waals surface area contributed by atoms with Gasteiger partial charge < -0.3 is 14.6 Å². The van der Waals surface area contributed by atoms with E-state index in [1.54, 1.807) is 0 Å². The summed E-state index contributed by atoms with van der Waals surface area (Å²) >= 11 is 0. The first-order valence-electron chi connectivity index (χ1n) is 5.54. The number of hydrogen-bond donors (Lipinski definition) is 2. The Hall–Kier alpha value is -1.52. The average Bonchev–Trinajstić information content (AvgIpc) is 2.69. The summed E-state index contributed by atoms with van der Waals surface area (Å²) in [6.45, 7) is -1.61. The molecule has 0 bridgehead atoms. The second-order valence-electron chi connectivity index (χ2n) is 4.08. The number of nitrogens with zero attached hydrogens (tertiary/aromatic N) is 2. The summed E-state index contributed by atoms with van der Waals surface area (Å²) in [6.07, 6.45) is -1.65. The van der Waals surface area contributed by atoms with Crippen molar-refractivity contribution < 1.29 is 27.1 Å². The number of aliphatic hydroxyl groups is 1. The predicted octanol–water partition coefficient (Wildman–Crippen LogP) is -0.628. The minimum atomic E-state index is -3.99. The molecule has 1 rings (SSSR count). The second-order valence-corrected chi connectivity index (χ2v) is 5.64. The van der Waals surface area contributed by atoms with Crippen LogP contribution in [0.4, 0.5) is 8.78 Å². The molecule has 0 unspecified atom stereocenters. The Morgan fingerprint density at radius 2 is 2.15 bits per heavy atom. The maximum absolute atomic E-state index is 12.4. The lowest BCUT2D eigenvalue weighted by Crippen LogP contribution is -2.38. The van der Waals surface area contributed by atoms with Crippen LogP contribution in [0.15, 0.2) is 17.2 Å². The minimum Gasteiger partial charge on any atom is -0.395 e. The predicted molar refractivity (Wildman–Crippen MR) is 65.8 cm³/mol. The summed E-state index contributed by atoms with van der Waals surface area (Å²) < 4.78 is 48.3. The highest BCUT2D eigenvalue weighted by molar-refractivity contribution is 7.89. The molecule has 0 fully saturated rings. The molecule has 0 aliphatic carbocycles. The standard InChI is InChI=1S/C10H15F2N3O4S/c1-14-5-7(20(13,18)19)4-8(14)10(17)15(2-3-16)6-9(11)12/h4-5,9,16H,2-3,6H2,1H3,(H2,13,18,19). The lowest BCUT2D eigenvalue weighted by atomic mass is 10.3. The van der Waals surface area contributed by atoms with E-state index in [4.69, 9.17) is 10.2 Å². The Morgan fingerprint density at radius 1 is 1.55 bits per heavy atom. The van der Waals surface area contributed by atoms with Gasteiger partial charge in [-0.1, -0.05) is 0 Å². The Bertz CT molecular complexity index is 585. The smallest absolute Gasteiger partial charge is 0.270 e. The Morgan fingerprint density at radius 3 is 2.55 bits per heavy atom. The number of aromatic nitrogens is 1. The Labute approximate surface area is 114 Å². The van der Waals surface area contributed by atoms with Crippen molar-refractivity contribution in [2.45, 2.75) is 11.3 Å². The van der Waals surface area contributed by atoms with Gasteiger partial charge in [-0.2, -0.15) is 0 Å². The molecule has 0 saturated carbocycles. The molecule has 10 heteroatoms. The van der Waals surface area contributed by atoms with Crippen LogP contribution in [0.1, 0.15) is 10.5 Å². The van der Waals surface area contributed by atoms with Gasteiger partial charge >= 0.3 is 0 Å². The van der Waals surface area contributed by atoms with Crippen LogP contribution in [0.3, 0.4) is 0 Å². The highest BCUT2D eigenvalue weighted by Gasteiger charge is 2.23. The van der Waals surface area contributed by atoms with Gasteiger partial charge in [-0.15, -0.1) is 0 Å². The molecule has 1 aromatic heterocycles. The number of amides is 1. The van der Waals surface area contributed by atoms with Gasteiger partial charge in [0.15, 0.2) is 0 Å². The first kappa shape index (κ1) is 16.5. The van der Waals surface area contributed by atoms with Crippen LogP contribution in [-0.2, 0) is 17.1 Å². The van der Waals surface area contributed by atoms with E-state index in [2.05, 4.69) is 0 Å². The highest BCUT2D eigenvalue weighted by Crippen LogP contribution is 2.14. The van der Waals surface area contributed by atoms with Gasteiger partial charge in [0, 0.05) is 19.8 Å². The summed E-state index contributed by atoms with van der Waals surface area (Å²) in [5.74, 6) is -0.809. The van der Waals surface area contributed by atoms with Crippen molar-refractivity contribution in [3.05, 3.63) is 18.0 Å². The van der Waals surface area contributed by atoms with Gasteiger partial charge in [-0.25, -0.2) is 22.3 Å². The summed E-state index contributed by atoms with van der Waals surface area (Å²) in [7, 11) is -2.60. The third-order valence-corrected chi connectivity index (χ3v) is 3.42. The molecule has 1 heterocycles. The van der Waals surface area contributed by atoms with Crippen molar-refractivity contribution in [2.75, 3.05) is 19.7 Å². The van der Waals surface area contributed by atoms with Gasteiger partial charge in [-0.05, 0) is 6.07 Å². The van der Waals surface area contributed by atoms with Crippen molar-refractivity contribution in [2.24, 2.45) is 12.2 Å². The third kappa shape index (κ3) is 3.99. The number of nitrogens with two attached hydrogens (primary N) is 1. The first-order valence-corrected chi connectivity index (χ1v) is 7.09. The van der Waals surface area contributed by atoms with E-state index in [1.807, 2.05) is 0 Å². The molecule has 20 heavy (non-hydrogen) atoms. The fourth-order valence-corrected chi connectivity index (χ4v) is 2.21. The van der Waals surface area contributed by atoms with Gasteiger partial charge in [0.05, 0.1) is 13.2 Å². The largest absolute Gasteiger partial charge is 0.395 e. The zero-order valence-electron chi connectivity index (χ0n) is 10.7. The molecule has 0 aliphatic heterocycles. The lowest BCUT2D eigenvalue weighted by Gasteiger charge is -2.21. The molecular weight excluding hydrogens is 296 g/mol. The molecule has 7 nitrogen and oxygen atoms in total. The van der Waals surface area contributed by atoms with E-state index in [9.17, 15) is 22.0 Å². The zero-order valence-corrected chi connectivity index (χ0v) is 11.5. The minimum absolute atomic E-state index is 0.108. The fourth-order valence-electron chi connectivity index (χ4n) is 1.63. The summed E-state index contributed by atoms with van der Waals surface area (Å²) in [5.41, 5.74) is -0.108. The topological polar surface area (TPSA) is 106 Å². The molecule has 0 atom stereocenters. The van der Waals surface area contributed by atoms with E-state index in [1.165, 1.54) is 11.6 Å².